The molecule has 21 heavy (non-hydrogen) atoms. The molecular weight excluding hydrogens is 260 g/mol. The van der Waals surface area contributed by atoms with E-state index in [9.17, 15) is 4.79 Å². The maximum atomic E-state index is 11.2. The molecule has 0 aliphatic carbocycles. The summed E-state index contributed by atoms with van der Waals surface area (Å²) in [5.41, 5.74) is 0. The van der Waals surface area contributed by atoms with Gasteiger partial charge in [-0.3, -0.25) is 4.79 Å². The molecule has 0 saturated carbocycles. The zero-order valence-electron chi connectivity index (χ0n) is 16.4. The van der Waals surface area contributed by atoms with E-state index in [2.05, 4.69) is 48.1 Å². The van der Waals surface area contributed by atoms with Gasteiger partial charge in [0.25, 0.3) is 0 Å². The first kappa shape index (κ1) is 14.6. The van der Waals surface area contributed by atoms with Gasteiger partial charge in [-0.05, 0) is 44.9 Å². The van der Waals surface area contributed by atoms with E-state index in [4.69, 9.17) is 4.11 Å². The Morgan fingerprint density at radius 3 is 2.05 bits per heavy atom. The molecule has 0 saturated heterocycles. The summed E-state index contributed by atoms with van der Waals surface area (Å²) in [6, 6.07) is 0. The van der Waals surface area contributed by atoms with Crippen LogP contribution < -0.4 is 0 Å². The van der Waals surface area contributed by atoms with E-state index in [1.54, 1.807) is 0 Å². The third kappa shape index (κ3) is 16.6. The second kappa shape index (κ2) is 16.7. The summed E-state index contributed by atoms with van der Waals surface area (Å²) in [6.07, 6.45) is 22.5. The largest absolute Gasteiger partial charge is 0.469 e. The summed E-state index contributed by atoms with van der Waals surface area (Å²) in [4.78, 5) is 11.2. The van der Waals surface area contributed by atoms with Gasteiger partial charge in [0.2, 0.25) is 0 Å². The van der Waals surface area contributed by atoms with E-state index in [1.807, 2.05) is 0 Å². The second-order valence-electron chi connectivity index (χ2n) is 5.10. The van der Waals surface area contributed by atoms with Gasteiger partial charge in [0, 0.05) is 6.42 Å². The van der Waals surface area contributed by atoms with Gasteiger partial charge in [0.15, 0.2) is 0 Å². The number of carbonyl (C=O) groups is 1. The molecule has 2 nitrogen and oxygen atoms in total. The molecule has 2 heteroatoms. The number of hydrogen-bond acceptors (Lipinski definition) is 2. The van der Waals surface area contributed by atoms with Gasteiger partial charge >= 0.3 is 5.97 Å². The summed E-state index contributed by atoms with van der Waals surface area (Å²) in [5, 5.41) is 0. The van der Waals surface area contributed by atoms with Crippen LogP contribution in [0.3, 0.4) is 0 Å². The first-order chi connectivity index (χ1) is 11.5. The van der Waals surface area contributed by atoms with Crippen LogP contribution in [-0.2, 0) is 9.53 Å². The van der Waals surface area contributed by atoms with Crippen molar-refractivity contribution in [2.24, 2.45) is 0 Å². The minimum atomic E-state index is -2.62. The Labute approximate surface area is 135 Å². The van der Waals surface area contributed by atoms with Crippen LogP contribution in [0, 0.1) is 0 Å². The quantitative estimate of drug-likeness (QED) is 0.246. The molecule has 0 aliphatic rings. The van der Waals surface area contributed by atoms with E-state index >= 15 is 0 Å². The van der Waals surface area contributed by atoms with Crippen molar-refractivity contribution in [2.75, 3.05) is 7.04 Å². The first-order valence-corrected chi connectivity index (χ1v) is 8.12. The topological polar surface area (TPSA) is 26.3 Å². The Hall–Kier alpha value is -1.31. The molecule has 0 amide bonds. The van der Waals surface area contributed by atoms with Crippen LogP contribution in [0.2, 0.25) is 0 Å². The van der Waals surface area contributed by atoms with Gasteiger partial charge in [-0.2, -0.15) is 0 Å². The van der Waals surface area contributed by atoms with Crippen molar-refractivity contribution in [1.82, 2.24) is 0 Å². The SMILES string of the molecule is [2H]C([2H])([2H])OC(=O)CCCC/C=C\C/C=C\C/C=C\CCCCC. The maximum absolute atomic E-state index is 11.2. The van der Waals surface area contributed by atoms with Crippen molar-refractivity contribution in [3.8, 4) is 0 Å². The molecule has 0 unspecified atom stereocenters. The van der Waals surface area contributed by atoms with Crippen LogP contribution in [-0.4, -0.2) is 13.0 Å². The fourth-order valence-corrected chi connectivity index (χ4v) is 1.87. The zero-order chi connectivity index (χ0) is 18.1. The van der Waals surface area contributed by atoms with Crippen molar-refractivity contribution in [2.45, 2.75) is 71.1 Å². The highest BCUT2D eigenvalue weighted by Gasteiger charge is 1.97. The van der Waals surface area contributed by atoms with Crippen LogP contribution in [0.25, 0.3) is 0 Å². The Bertz CT molecular complexity index is 396. The van der Waals surface area contributed by atoms with Gasteiger partial charge < -0.3 is 4.74 Å². The van der Waals surface area contributed by atoms with Crippen LogP contribution in [0.4, 0.5) is 0 Å². The molecular formula is C19H32O2. The molecule has 0 fully saturated rings. The van der Waals surface area contributed by atoms with Crippen molar-refractivity contribution in [1.29, 1.82) is 0 Å². The monoisotopic (exact) mass is 295 g/mol. The standard InChI is InChI=1S/C19H32O2/c1-3-4-5-6-7-8-9-10-11-12-13-14-15-16-17-18-19(20)21-2/h7-8,10-11,13-14H,3-6,9,12,15-18H2,1-2H3/b8-7-,11-10-,14-13-/i2D3. The summed E-state index contributed by atoms with van der Waals surface area (Å²) < 4.78 is 24.7. The third-order valence-electron chi connectivity index (χ3n) is 3.13. The van der Waals surface area contributed by atoms with Crippen molar-refractivity contribution < 1.29 is 13.6 Å². The number of methoxy groups -OCH3 is 1. The van der Waals surface area contributed by atoms with Crippen LogP contribution in [0.1, 0.15) is 75.2 Å². The predicted molar refractivity (Wildman–Crippen MR) is 91.3 cm³/mol. The van der Waals surface area contributed by atoms with E-state index in [0.29, 0.717) is 6.42 Å². The Kier molecular flexibility index (Phi) is 11.7. The molecule has 0 aromatic rings. The minimum Gasteiger partial charge on any atom is -0.469 e. The van der Waals surface area contributed by atoms with Gasteiger partial charge in [-0.15, -0.1) is 0 Å². The summed E-state index contributed by atoms with van der Waals surface area (Å²) >= 11 is 0. The van der Waals surface area contributed by atoms with E-state index in [-0.39, 0.29) is 6.42 Å². The molecule has 0 bridgehead atoms. The Morgan fingerprint density at radius 2 is 1.48 bits per heavy atom. The molecule has 0 radical (unpaired) electrons. The lowest BCUT2D eigenvalue weighted by Gasteiger charge is -1.96. The fraction of sp³-hybridized carbons (Fsp3) is 0.632. The predicted octanol–water partition coefficient (Wildman–Crippen LogP) is 5.75. The van der Waals surface area contributed by atoms with Crippen molar-refractivity contribution >= 4 is 5.97 Å². The lowest BCUT2D eigenvalue weighted by molar-refractivity contribution is -0.140. The van der Waals surface area contributed by atoms with E-state index in [1.165, 1.54) is 25.7 Å². The second-order valence-corrected chi connectivity index (χ2v) is 5.10. The van der Waals surface area contributed by atoms with E-state index in [0.717, 1.165) is 25.7 Å². The Balaban J connectivity index is 3.46. The van der Waals surface area contributed by atoms with Crippen molar-refractivity contribution in [3.05, 3.63) is 36.5 Å². The number of allylic oxidation sites excluding steroid dienone is 6. The van der Waals surface area contributed by atoms with Gasteiger partial charge in [0.1, 0.15) is 0 Å². The summed E-state index contributed by atoms with van der Waals surface area (Å²) in [7, 11) is -2.62. The summed E-state index contributed by atoms with van der Waals surface area (Å²) in [6.45, 7) is 2.22. The lowest BCUT2D eigenvalue weighted by Crippen LogP contribution is -1.98. The molecule has 0 N–H and O–H groups in total. The number of rotatable bonds is 13. The van der Waals surface area contributed by atoms with Crippen molar-refractivity contribution in [3.63, 3.8) is 0 Å². The molecule has 0 spiro atoms. The minimum absolute atomic E-state index is 0.163. The molecule has 0 aromatic carbocycles. The van der Waals surface area contributed by atoms with Crippen LogP contribution in [0.5, 0.6) is 0 Å². The smallest absolute Gasteiger partial charge is 0.305 e. The zero-order valence-corrected chi connectivity index (χ0v) is 13.4. The molecule has 0 atom stereocenters. The highest BCUT2D eigenvalue weighted by atomic mass is 16.5. The number of esters is 1. The number of carbonyl (C=O) groups excluding carboxylic acids is 1. The normalized spacial score (nSPS) is 14.6. The lowest BCUT2D eigenvalue weighted by atomic mass is 10.2. The highest BCUT2D eigenvalue weighted by molar-refractivity contribution is 5.68. The highest BCUT2D eigenvalue weighted by Crippen LogP contribution is 2.03. The molecule has 0 aromatic heterocycles. The van der Waals surface area contributed by atoms with Gasteiger partial charge in [-0.25, -0.2) is 0 Å². The molecule has 0 rings (SSSR count). The number of unbranched alkanes of at least 4 members (excludes halogenated alkanes) is 5. The van der Waals surface area contributed by atoms with E-state index < -0.39 is 13.0 Å². The van der Waals surface area contributed by atoms with Crippen LogP contribution in [0.15, 0.2) is 36.5 Å². The van der Waals surface area contributed by atoms with Crippen LogP contribution >= 0.6 is 0 Å². The number of hydrogen-bond donors (Lipinski definition) is 0. The van der Waals surface area contributed by atoms with Gasteiger partial charge in [-0.1, -0.05) is 56.2 Å². The summed E-state index contributed by atoms with van der Waals surface area (Å²) in [5.74, 6) is -0.648. The van der Waals surface area contributed by atoms with Gasteiger partial charge in [0.05, 0.1) is 11.2 Å². The Morgan fingerprint density at radius 1 is 0.905 bits per heavy atom. The maximum Gasteiger partial charge on any atom is 0.305 e. The third-order valence-corrected chi connectivity index (χ3v) is 3.13. The fourth-order valence-electron chi connectivity index (χ4n) is 1.87. The molecule has 120 valence electrons. The first-order valence-electron chi connectivity index (χ1n) is 9.62. The average Bonchev–Trinajstić information content (AvgIpc) is 2.49. The number of ether oxygens (including phenoxy) is 1. The molecule has 0 heterocycles. The average molecular weight is 295 g/mol. The molecule has 0 aliphatic heterocycles.